The number of rotatable bonds is 6. The van der Waals surface area contributed by atoms with Crippen molar-refractivity contribution in [3.8, 4) is 5.75 Å². The van der Waals surface area contributed by atoms with Crippen molar-refractivity contribution in [3.05, 3.63) is 53.6 Å². The van der Waals surface area contributed by atoms with Crippen LogP contribution in [0.25, 0.3) is 0 Å². The van der Waals surface area contributed by atoms with Crippen LogP contribution in [-0.4, -0.2) is 32.3 Å². The molecule has 1 heterocycles. The Balaban J connectivity index is 1.62. The molecular weight excluding hydrogens is 368 g/mol. The van der Waals surface area contributed by atoms with Gasteiger partial charge in [-0.2, -0.15) is 0 Å². The van der Waals surface area contributed by atoms with Gasteiger partial charge in [-0.1, -0.05) is 45.0 Å². The minimum absolute atomic E-state index is 0.0787. The van der Waals surface area contributed by atoms with Crippen LogP contribution in [0, 0.1) is 0 Å². The van der Waals surface area contributed by atoms with Crippen LogP contribution in [0.3, 0.4) is 0 Å². The molecule has 2 aromatic carbocycles. The van der Waals surface area contributed by atoms with Gasteiger partial charge in [0.15, 0.2) is 0 Å². The van der Waals surface area contributed by atoms with Crippen molar-refractivity contribution >= 4 is 23.4 Å². The number of nitrogens with one attached hydrogen (secondary N) is 1. The summed E-state index contributed by atoms with van der Waals surface area (Å²) in [7, 11) is 1.55. The Kier molecular flexibility index (Phi) is 6.11. The van der Waals surface area contributed by atoms with E-state index in [1.165, 1.54) is 10.5 Å². The first-order chi connectivity index (χ1) is 13.8. The molecule has 0 saturated carbocycles. The standard InChI is InChI=1S/C23H28N2O4/c1-23(2,3)17-8-5-16(6-9-17)7-12-21(26)24-18-10-11-20(28-4)19(15-18)25-13-14-29-22(25)27/h5-6,8-11,15H,7,12-14H2,1-4H3,(H,24,26). The second-order valence-corrected chi connectivity index (χ2v) is 8.15. The molecule has 0 radical (unpaired) electrons. The van der Waals surface area contributed by atoms with Crippen LogP contribution in [0.15, 0.2) is 42.5 Å². The van der Waals surface area contributed by atoms with E-state index in [2.05, 4.69) is 50.4 Å². The largest absolute Gasteiger partial charge is 0.495 e. The summed E-state index contributed by atoms with van der Waals surface area (Å²) in [5.74, 6) is 0.478. The van der Waals surface area contributed by atoms with Crippen LogP contribution in [-0.2, 0) is 21.4 Å². The van der Waals surface area contributed by atoms with E-state index < -0.39 is 6.09 Å². The molecule has 1 fully saturated rings. The van der Waals surface area contributed by atoms with Gasteiger partial charge >= 0.3 is 6.09 Å². The van der Waals surface area contributed by atoms with Crippen molar-refractivity contribution in [2.75, 3.05) is 30.5 Å². The van der Waals surface area contributed by atoms with E-state index >= 15 is 0 Å². The molecule has 6 nitrogen and oxygen atoms in total. The average Bonchev–Trinajstić information content (AvgIpc) is 3.11. The molecule has 29 heavy (non-hydrogen) atoms. The molecule has 2 aromatic rings. The Hall–Kier alpha value is -3.02. The quantitative estimate of drug-likeness (QED) is 0.779. The highest BCUT2D eigenvalue weighted by molar-refractivity contribution is 5.95. The Bertz CT molecular complexity index is 885. The maximum Gasteiger partial charge on any atom is 0.414 e. The summed E-state index contributed by atoms with van der Waals surface area (Å²) in [5, 5.41) is 2.90. The molecule has 0 spiro atoms. The van der Waals surface area contributed by atoms with Gasteiger partial charge in [0.25, 0.3) is 0 Å². The number of anilines is 2. The van der Waals surface area contributed by atoms with E-state index in [1.807, 2.05) is 0 Å². The van der Waals surface area contributed by atoms with Crippen molar-refractivity contribution in [1.82, 2.24) is 0 Å². The highest BCUT2D eigenvalue weighted by Crippen LogP contribution is 2.33. The summed E-state index contributed by atoms with van der Waals surface area (Å²) in [5.41, 5.74) is 3.73. The minimum atomic E-state index is -0.412. The van der Waals surface area contributed by atoms with E-state index in [0.29, 0.717) is 43.1 Å². The zero-order valence-corrected chi connectivity index (χ0v) is 17.5. The first kappa shape index (κ1) is 20.7. The van der Waals surface area contributed by atoms with E-state index in [0.717, 1.165) is 5.56 Å². The predicted octanol–water partition coefficient (Wildman–Crippen LogP) is 4.52. The molecule has 0 unspecified atom stereocenters. The summed E-state index contributed by atoms with van der Waals surface area (Å²) in [6.45, 7) is 7.34. The van der Waals surface area contributed by atoms with Gasteiger partial charge in [0.1, 0.15) is 12.4 Å². The van der Waals surface area contributed by atoms with Crippen LogP contribution in [0.2, 0.25) is 0 Å². The molecule has 154 valence electrons. The zero-order valence-electron chi connectivity index (χ0n) is 17.5. The molecule has 0 atom stereocenters. The number of carbonyl (C=O) groups excluding carboxylic acids is 2. The van der Waals surface area contributed by atoms with Gasteiger partial charge in [0.2, 0.25) is 5.91 Å². The van der Waals surface area contributed by atoms with Gasteiger partial charge in [0.05, 0.1) is 19.3 Å². The molecule has 6 heteroatoms. The van der Waals surface area contributed by atoms with E-state index in [9.17, 15) is 9.59 Å². The maximum absolute atomic E-state index is 12.4. The smallest absolute Gasteiger partial charge is 0.414 e. The van der Waals surface area contributed by atoms with Gasteiger partial charge < -0.3 is 14.8 Å². The molecule has 0 aromatic heterocycles. The topological polar surface area (TPSA) is 67.9 Å². The van der Waals surface area contributed by atoms with Crippen LogP contribution < -0.4 is 15.0 Å². The van der Waals surface area contributed by atoms with Crippen molar-refractivity contribution in [2.45, 2.75) is 39.0 Å². The number of hydrogen-bond acceptors (Lipinski definition) is 4. The van der Waals surface area contributed by atoms with Crippen LogP contribution in [0.4, 0.5) is 16.2 Å². The zero-order chi connectivity index (χ0) is 21.0. The fourth-order valence-electron chi connectivity index (χ4n) is 3.24. The Morgan fingerprint density at radius 2 is 1.90 bits per heavy atom. The van der Waals surface area contributed by atoms with E-state index in [4.69, 9.17) is 9.47 Å². The Morgan fingerprint density at radius 3 is 2.48 bits per heavy atom. The molecule has 1 N–H and O–H groups in total. The van der Waals surface area contributed by atoms with Gasteiger partial charge in [-0.25, -0.2) is 4.79 Å². The second-order valence-electron chi connectivity index (χ2n) is 8.15. The average molecular weight is 396 g/mol. The monoisotopic (exact) mass is 396 g/mol. The van der Waals surface area contributed by atoms with Gasteiger partial charge in [-0.3, -0.25) is 9.69 Å². The molecule has 3 rings (SSSR count). The Labute approximate surface area is 171 Å². The third-order valence-corrected chi connectivity index (χ3v) is 4.97. The molecule has 0 aliphatic carbocycles. The lowest BCUT2D eigenvalue weighted by Gasteiger charge is -2.19. The highest BCUT2D eigenvalue weighted by atomic mass is 16.6. The van der Waals surface area contributed by atoms with Gasteiger partial charge in [-0.05, 0) is 41.2 Å². The first-order valence-electron chi connectivity index (χ1n) is 9.79. The number of benzene rings is 2. The lowest BCUT2D eigenvalue weighted by atomic mass is 9.86. The fraction of sp³-hybridized carbons (Fsp3) is 0.391. The van der Waals surface area contributed by atoms with Crippen LogP contribution in [0.5, 0.6) is 5.75 Å². The molecular formula is C23H28N2O4. The van der Waals surface area contributed by atoms with E-state index in [1.54, 1.807) is 25.3 Å². The maximum atomic E-state index is 12.4. The molecule has 2 amide bonds. The third kappa shape index (κ3) is 5.08. The first-order valence-corrected chi connectivity index (χ1v) is 9.79. The normalized spacial score (nSPS) is 13.9. The Morgan fingerprint density at radius 1 is 1.17 bits per heavy atom. The highest BCUT2D eigenvalue weighted by Gasteiger charge is 2.26. The molecule has 1 saturated heterocycles. The fourth-order valence-corrected chi connectivity index (χ4v) is 3.24. The van der Waals surface area contributed by atoms with Gasteiger partial charge in [0, 0.05) is 12.1 Å². The van der Waals surface area contributed by atoms with Crippen molar-refractivity contribution in [2.24, 2.45) is 0 Å². The second kappa shape index (κ2) is 8.55. The number of amides is 2. The summed E-state index contributed by atoms with van der Waals surface area (Å²) < 4.78 is 10.3. The van der Waals surface area contributed by atoms with Crippen molar-refractivity contribution in [1.29, 1.82) is 0 Å². The predicted molar refractivity (Wildman–Crippen MR) is 114 cm³/mol. The number of cyclic esters (lactones) is 1. The number of ether oxygens (including phenoxy) is 2. The third-order valence-electron chi connectivity index (χ3n) is 4.97. The number of methoxy groups -OCH3 is 1. The number of aryl methyl sites for hydroxylation is 1. The summed E-state index contributed by atoms with van der Waals surface area (Å²) in [6, 6.07) is 13.6. The summed E-state index contributed by atoms with van der Waals surface area (Å²) >= 11 is 0. The van der Waals surface area contributed by atoms with Crippen molar-refractivity contribution < 1.29 is 19.1 Å². The van der Waals surface area contributed by atoms with Crippen molar-refractivity contribution in [3.63, 3.8) is 0 Å². The van der Waals surface area contributed by atoms with Crippen LogP contribution in [0.1, 0.15) is 38.3 Å². The number of hydrogen-bond donors (Lipinski definition) is 1. The van der Waals surface area contributed by atoms with Crippen LogP contribution >= 0.6 is 0 Å². The summed E-state index contributed by atoms with van der Waals surface area (Å²) in [4.78, 5) is 25.8. The molecule has 0 bridgehead atoms. The van der Waals surface area contributed by atoms with E-state index in [-0.39, 0.29) is 11.3 Å². The minimum Gasteiger partial charge on any atom is -0.495 e. The SMILES string of the molecule is COc1ccc(NC(=O)CCc2ccc(C(C)(C)C)cc2)cc1N1CCOC1=O. The number of nitrogens with zero attached hydrogens (tertiary/aromatic N) is 1. The molecule has 1 aliphatic rings. The molecule has 1 aliphatic heterocycles. The van der Waals surface area contributed by atoms with Gasteiger partial charge in [-0.15, -0.1) is 0 Å². The summed E-state index contributed by atoms with van der Waals surface area (Å²) in [6.07, 6.45) is 0.630. The lowest BCUT2D eigenvalue weighted by molar-refractivity contribution is -0.116. The number of carbonyl (C=O) groups is 2. The lowest BCUT2D eigenvalue weighted by Crippen LogP contribution is -2.24.